The largest absolute Gasteiger partial charge is 0.454 e. The molecule has 0 spiro atoms. The molecular weight excluding hydrogens is 210 g/mol. The van der Waals surface area contributed by atoms with Gasteiger partial charge in [-0.1, -0.05) is 5.11 Å². The molecule has 1 aliphatic heterocycles. The lowest BCUT2D eigenvalue weighted by atomic mass is 10.1. The van der Waals surface area contributed by atoms with E-state index >= 15 is 0 Å². The molecule has 0 aliphatic carbocycles. The molecule has 0 radical (unpaired) electrons. The Kier molecular flexibility index (Phi) is 2.93. The first-order valence-corrected chi connectivity index (χ1v) is 4.75. The summed E-state index contributed by atoms with van der Waals surface area (Å²) in [5.41, 5.74) is 8.63. The van der Waals surface area contributed by atoms with E-state index in [4.69, 9.17) is 15.0 Å². The summed E-state index contributed by atoms with van der Waals surface area (Å²) in [5, 5.41) is 3.31. The zero-order chi connectivity index (χ0) is 11.4. The molecule has 1 aromatic carbocycles. The summed E-state index contributed by atoms with van der Waals surface area (Å²) < 4.78 is 10.3. The van der Waals surface area contributed by atoms with Crippen LogP contribution in [0.2, 0.25) is 0 Å². The van der Waals surface area contributed by atoms with Crippen LogP contribution >= 0.6 is 0 Å². The number of carbonyl (C=O) groups is 1. The fraction of sp³-hybridized carbons (Fsp3) is 0.300. The van der Waals surface area contributed by atoms with Crippen LogP contribution in [0.15, 0.2) is 23.3 Å². The Hall–Kier alpha value is -2.20. The van der Waals surface area contributed by atoms with E-state index in [1.54, 1.807) is 18.2 Å². The smallest absolute Gasteiger partial charge is 0.231 e. The van der Waals surface area contributed by atoms with E-state index in [9.17, 15) is 4.79 Å². The van der Waals surface area contributed by atoms with Gasteiger partial charge in [-0.15, -0.1) is 0 Å². The number of benzene rings is 1. The number of nitrogens with zero attached hydrogens (tertiary/aromatic N) is 3. The highest BCUT2D eigenvalue weighted by Gasteiger charge is 2.15. The van der Waals surface area contributed by atoms with Crippen LogP contribution < -0.4 is 9.47 Å². The zero-order valence-corrected chi connectivity index (χ0v) is 8.42. The van der Waals surface area contributed by atoms with Crippen molar-refractivity contribution in [1.29, 1.82) is 0 Å². The van der Waals surface area contributed by atoms with E-state index in [2.05, 4.69) is 10.0 Å². The Morgan fingerprint density at radius 3 is 3.06 bits per heavy atom. The monoisotopic (exact) mass is 219 g/mol. The lowest BCUT2D eigenvalue weighted by Gasteiger charge is -2.00. The van der Waals surface area contributed by atoms with Crippen molar-refractivity contribution in [3.63, 3.8) is 0 Å². The molecule has 1 heterocycles. The van der Waals surface area contributed by atoms with Crippen LogP contribution in [0.25, 0.3) is 10.4 Å². The van der Waals surface area contributed by atoms with Crippen molar-refractivity contribution in [2.24, 2.45) is 5.11 Å². The summed E-state index contributed by atoms with van der Waals surface area (Å²) in [7, 11) is 0. The average molecular weight is 219 g/mol. The molecule has 2 rings (SSSR count). The third-order valence-corrected chi connectivity index (χ3v) is 2.20. The number of azide groups is 1. The Labute approximate surface area is 91.4 Å². The first kappa shape index (κ1) is 10.3. The van der Waals surface area contributed by atoms with Gasteiger partial charge in [0, 0.05) is 23.4 Å². The Bertz CT molecular complexity index is 466. The summed E-state index contributed by atoms with van der Waals surface area (Å²) in [5.74, 6) is 1.15. The second-order valence-electron chi connectivity index (χ2n) is 3.20. The predicted octanol–water partition coefficient (Wildman–Crippen LogP) is 2.30. The van der Waals surface area contributed by atoms with Crippen molar-refractivity contribution < 1.29 is 14.3 Å². The van der Waals surface area contributed by atoms with E-state index in [0.717, 1.165) is 0 Å². The van der Waals surface area contributed by atoms with Crippen LogP contribution in [-0.2, 0) is 0 Å². The minimum Gasteiger partial charge on any atom is -0.454 e. The number of ketones is 1. The maximum Gasteiger partial charge on any atom is 0.231 e. The highest BCUT2D eigenvalue weighted by atomic mass is 16.7. The molecule has 1 aliphatic rings. The molecule has 0 fully saturated rings. The molecule has 0 N–H and O–H groups in total. The third kappa shape index (κ3) is 2.07. The average Bonchev–Trinajstić information content (AvgIpc) is 2.76. The van der Waals surface area contributed by atoms with Crippen LogP contribution in [0, 0.1) is 0 Å². The summed E-state index contributed by atoms with van der Waals surface area (Å²) in [6.07, 6.45) is 0.198. The van der Waals surface area contributed by atoms with Crippen LogP contribution in [0.5, 0.6) is 11.5 Å². The van der Waals surface area contributed by atoms with Crippen molar-refractivity contribution in [2.75, 3.05) is 13.3 Å². The number of ether oxygens (including phenoxy) is 2. The van der Waals surface area contributed by atoms with Gasteiger partial charge in [0.05, 0.1) is 0 Å². The number of carbonyl (C=O) groups excluding carboxylic acids is 1. The zero-order valence-electron chi connectivity index (χ0n) is 8.42. The SMILES string of the molecule is [N-]=[N+]=NCCC(=O)c1ccc2c(c1)OCO2. The lowest BCUT2D eigenvalue weighted by molar-refractivity contribution is 0.0985. The summed E-state index contributed by atoms with van der Waals surface area (Å²) >= 11 is 0. The number of Topliss-reactive ketones (excluding diaryl/α,β-unsaturated/α-hetero) is 1. The minimum atomic E-state index is -0.0781. The van der Waals surface area contributed by atoms with Crippen LogP contribution in [0.3, 0.4) is 0 Å². The molecule has 0 unspecified atom stereocenters. The first-order chi connectivity index (χ1) is 7.81. The van der Waals surface area contributed by atoms with E-state index in [0.29, 0.717) is 17.1 Å². The van der Waals surface area contributed by atoms with Crippen molar-refractivity contribution in [3.8, 4) is 11.5 Å². The van der Waals surface area contributed by atoms with Crippen LogP contribution in [0.1, 0.15) is 16.8 Å². The second-order valence-corrected chi connectivity index (χ2v) is 3.20. The number of fused-ring (bicyclic) bond motifs is 1. The number of hydrogen-bond donors (Lipinski definition) is 0. The van der Waals surface area contributed by atoms with E-state index in [1.807, 2.05) is 0 Å². The third-order valence-electron chi connectivity index (χ3n) is 2.20. The van der Waals surface area contributed by atoms with Crippen molar-refractivity contribution in [2.45, 2.75) is 6.42 Å². The van der Waals surface area contributed by atoms with Gasteiger partial charge in [-0.3, -0.25) is 4.79 Å². The number of hydrogen-bond acceptors (Lipinski definition) is 4. The Balaban J connectivity index is 2.09. The van der Waals surface area contributed by atoms with Crippen LogP contribution in [-0.4, -0.2) is 19.1 Å². The summed E-state index contributed by atoms with van der Waals surface area (Å²) in [6.45, 7) is 0.357. The highest BCUT2D eigenvalue weighted by molar-refractivity contribution is 5.96. The normalized spacial score (nSPS) is 12.0. The standard InChI is InChI=1S/C10H9N3O3/c11-13-12-4-3-8(14)7-1-2-9-10(5-7)16-6-15-9/h1-2,5H,3-4,6H2. The molecule has 0 saturated heterocycles. The lowest BCUT2D eigenvalue weighted by Crippen LogP contribution is -2.00. The molecule has 0 atom stereocenters. The quantitative estimate of drug-likeness (QED) is 0.337. The first-order valence-electron chi connectivity index (χ1n) is 4.75. The van der Waals surface area contributed by atoms with Gasteiger partial charge >= 0.3 is 0 Å². The number of rotatable bonds is 4. The molecule has 0 amide bonds. The van der Waals surface area contributed by atoms with Gasteiger partial charge in [-0.25, -0.2) is 0 Å². The Morgan fingerprint density at radius 2 is 2.25 bits per heavy atom. The molecule has 6 heteroatoms. The molecule has 0 aromatic heterocycles. The predicted molar refractivity (Wildman–Crippen MR) is 55.5 cm³/mol. The molecule has 0 bridgehead atoms. The Morgan fingerprint density at radius 1 is 1.44 bits per heavy atom. The van der Waals surface area contributed by atoms with Gasteiger partial charge < -0.3 is 9.47 Å². The fourth-order valence-electron chi connectivity index (χ4n) is 1.41. The molecule has 16 heavy (non-hydrogen) atoms. The van der Waals surface area contributed by atoms with Gasteiger partial charge in [0.25, 0.3) is 0 Å². The fourth-order valence-corrected chi connectivity index (χ4v) is 1.41. The van der Waals surface area contributed by atoms with Crippen molar-refractivity contribution in [3.05, 3.63) is 34.2 Å². The molecule has 6 nitrogen and oxygen atoms in total. The molecular formula is C10H9N3O3. The topological polar surface area (TPSA) is 84.3 Å². The van der Waals surface area contributed by atoms with Gasteiger partial charge in [0.1, 0.15) is 0 Å². The summed E-state index contributed by atoms with van der Waals surface area (Å²) in [6, 6.07) is 5.01. The molecule has 0 saturated carbocycles. The van der Waals surface area contributed by atoms with Gasteiger partial charge in [-0.2, -0.15) is 0 Å². The maximum atomic E-state index is 11.6. The molecule has 1 aromatic rings. The second kappa shape index (κ2) is 4.55. The van der Waals surface area contributed by atoms with E-state index in [-0.39, 0.29) is 25.5 Å². The maximum absolute atomic E-state index is 11.6. The van der Waals surface area contributed by atoms with Crippen molar-refractivity contribution in [1.82, 2.24) is 0 Å². The van der Waals surface area contributed by atoms with E-state index in [1.165, 1.54) is 0 Å². The van der Waals surface area contributed by atoms with Gasteiger partial charge in [-0.05, 0) is 23.7 Å². The summed E-state index contributed by atoms with van der Waals surface area (Å²) in [4.78, 5) is 14.2. The highest BCUT2D eigenvalue weighted by Crippen LogP contribution is 2.32. The van der Waals surface area contributed by atoms with E-state index < -0.39 is 0 Å². The van der Waals surface area contributed by atoms with Gasteiger partial charge in [0.2, 0.25) is 6.79 Å². The van der Waals surface area contributed by atoms with Crippen LogP contribution in [0.4, 0.5) is 0 Å². The minimum absolute atomic E-state index is 0.0781. The molecule has 82 valence electrons. The van der Waals surface area contributed by atoms with Gasteiger partial charge in [0.15, 0.2) is 17.3 Å². The van der Waals surface area contributed by atoms with Crippen molar-refractivity contribution >= 4 is 5.78 Å².